The van der Waals surface area contributed by atoms with Gasteiger partial charge >= 0.3 is 46.8 Å². The molecule has 0 N–H and O–H groups in total. The number of aromatic carboxylic acids is 4. The molecule has 0 spiro atoms. The number of nitro groups is 2. The van der Waals surface area contributed by atoms with E-state index in [-0.39, 0.29) is 46.8 Å². The number of benzene rings is 2. The fraction of sp³-hybridized carbons (Fsp3) is 0. The molecule has 0 aliphatic carbocycles. The number of carbonyl (C=O) groups is 4. The van der Waals surface area contributed by atoms with Crippen LogP contribution in [-0.4, -0.2) is 61.0 Å². The number of rotatable bonds is 6. The number of carboxylic acid groups (broad SMARTS) is 4. The van der Waals surface area contributed by atoms with Gasteiger partial charge in [-0.25, -0.2) is 0 Å². The quantitative estimate of drug-likeness (QED) is 0.161. The molecule has 2 aromatic carbocycles. The van der Waals surface area contributed by atoms with Crippen molar-refractivity contribution in [3.8, 4) is 0 Å². The summed E-state index contributed by atoms with van der Waals surface area (Å²) in [7, 11) is 0. The van der Waals surface area contributed by atoms with Crippen molar-refractivity contribution in [1.29, 1.82) is 0 Å². The van der Waals surface area contributed by atoms with Gasteiger partial charge in [-0.15, -0.1) is 0 Å². The number of nitrogens with zero attached hydrogens (tertiary/aromatic N) is 2. The van der Waals surface area contributed by atoms with Crippen LogP contribution in [0.25, 0.3) is 0 Å². The van der Waals surface area contributed by atoms with Crippen LogP contribution in [-0.2, 0) is 19.5 Å². The van der Waals surface area contributed by atoms with Crippen molar-refractivity contribution in [2.45, 2.75) is 0 Å². The fourth-order valence-corrected chi connectivity index (χ4v) is 1.90. The van der Waals surface area contributed by atoms with Crippen molar-refractivity contribution in [3.05, 3.63) is 78.9 Å². The largest absolute Gasteiger partial charge is 2.00 e. The zero-order valence-corrected chi connectivity index (χ0v) is 22.3. The van der Waals surface area contributed by atoms with Crippen LogP contribution in [0, 0.1) is 20.2 Å². The van der Waals surface area contributed by atoms with E-state index in [0.717, 1.165) is 12.1 Å². The van der Waals surface area contributed by atoms with Crippen LogP contribution in [0.2, 0.25) is 0 Å². The molecule has 0 saturated heterocycles. The van der Waals surface area contributed by atoms with Gasteiger partial charge in [-0.1, -0.05) is 0 Å². The minimum Gasteiger partial charge on any atom is -0.545 e. The maximum atomic E-state index is 10.4. The van der Waals surface area contributed by atoms with Crippen LogP contribution in [0.4, 0.5) is 11.4 Å². The predicted octanol–water partition coefficient (Wildman–Crippen LogP) is -3.74. The van der Waals surface area contributed by atoms with E-state index in [1.54, 1.807) is 0 Å². The smallest absolute Gasteiger partial charge is 0.545 e. The second-order valence-corrected chi connectivity index (χ2v) is 5.20. The zero-order chi connectivity index (χ0) is 23.2. The summed E-state index contributed by atoms with van der Waals surface area (Å²) in [6, 6.07) is 4.31. The molecular formula is C16H6N2O12PbZn. The van der Waals surface area contributed by atoms with Crippen molar-refractivity contribution >= 4 is 62.6 Å². The Morgan fingerprint density at radius 2 is 0.719 bits per heavy atom. The van der Waals surface area contributed by atoms with Gasteiger partial charge in [-0.05, 0) is 12.1 Å². The van der Waals surface area contributed by atoms with Crippen LogP contribution in [0.15, 0.2) is 36.4 Å². The maximum absolute atomic E-state index is 10.4. The molecule has 0 bridgehead atoms. The molecule has 158 valence electrons. The molecule has 16 heteroatoms. The van der Waals surface area contributed by atoms with Gasteiger partial charge in [-0.2, -0.15) is 0 Å². The van der Waals surface area contributed by atoms with Crippen molar-refractivity contribution in [2.24, 2.45) is 0 Å². The summed E-state index contributed by atoms with van der Waals surface area (Å²) in [5, 5.41) is 62.3. The molecule has 2 radical (unpaired) electrons. The molecule has 14 nitrogen and oxygen atoms in total. The second kappa shape index (κ2) is 13.2. The van der Waals surface area contributed by atoms with Gasteiger partial charge in [0.1, 0.15) is 0 Å². The molecule has 0 saturated carbocycles. The Morgan fingerprint density at radius 3 is 0.844 bits per heavy atom. The Labute approximate surface area is 209 Å². The molecule has 0 aliphatic heterocycles. The number of hydrogen-bond acceptors (Lipinski definition) is 12. The molecule has 0 heterocycles. The monoisotopic (exact) mass is 690 g/mol. The molecule has 0 unspecified atom stereocenters. The molecule has 0 aromatic heterocycles. The first-order valence-electron chi connectivity index (χ1n) is 7.27. The molecule has 2 aromatic rings. The van der Waals surface area contributed by atoms with Gasteiger partial charge < -0.3 is 39.6 Å². The minimum absolute atomic E-state index is 0. The summed E-state index contributed by atoms with van der Waals surface area (Å²) in [6.07, 6.45) is 0. The van der Waals surface area contributed by atoms with Crippen molar-refractivity contribution in [1.82, 2.24) is 0 Å². The van der Waals surface area contributed by atoms with E-state index in [1.165, 1.54) is 0 Å². The van der Waals surface area contributed by atoms with Crippen molar-refractivity contribution < 1.29 is 68.9 Å². The topological polar surface area (TPSA) is 247 Å². The molecule has 0 atom stereocenters. The van der Waals surface area contributed by atoms with Crippen LogP contribution >= 0.6 is 0 Å². The van der Waals surface area contributed by atoms with E-state index in [1.807, 2.05) is 0 Å². The average molecular weight is 691 g/mol. The van der Waals surface area contributed by atoms with Crippen LogP contribution in [0.1, 0.15) is 41.4 Å². The molecule has 2 rings (SSSR count). The Bertz CT molecular complexity index is 845. The Balaban J connectivity index is 0. The summed E-state index contributed by atoms with van der Waals surface area (Å²) in [5.74, 6) is -6.77. The summed E-state index contributed by atoms with van der Waals surface area (Å²) in [6.45, 7) is 0. The van der Waals surface area contributed by atoms with Gasteiger partial charge in [0.2, 0.25) is 0 Å². The van der Waals surface area contributed by atoms with Gasteiger partial charge in [0.05, 0.1) is 33.7 Å². The van der Waals surface area contributed by atoms with E-state index >= 15 is 0 Å². The van der Waals surface area contributed by atoms with Crippen molar-refractivity contribution in [2.75, 3.05) is 0 Å². The third-order valence-electron chi connectivity index (χ3n) is 3.20. The van der Waals surface area contributed by atoms with E-state index < -0.39 is 67.4 Å². The van der Waals surface area contributed by atoms with Gasteiger partial charge in [0.25, 0.3) is 11.4 Å². The summed E-state index contributed by atoms with van der Waals surface area (Å²) >= 11 is 0. The fourth-order valence-electron chi connectivity index (χ4n) is 1.90. The first-order chi connectivity index (χ1) is 13.8. The van der Waals surface area contributed by atoms with Crippen LogP contribution < -0.4 is 20.4 Å². The standard InChI is InChI=1S/2C8H5NO6.Pb.Zn/c2*10-7(11)4-1-5(8(12)13)3-6(2-4)9(14)15;;/h2*1-3H,(H,10,11)(H,12,13);;/q;;2*+2/p-4. The summed E-state index contributed by atoms with van der Waals surface area (Å²) in [5.41, 5.74) is -3.61. The molecule has 32 heavy (non-hydrogen) atoms. The third-order valence-corrected chi connectivity index (χ3v) is 3.20. The summed E-state index contributed by atoms with van der Waals surface area (Å²) < 4.78 is 0. The van der Waals surface area contributed by atoms with Crippen LogP contribution in [0.5, 0.6) is 0 Å². The number of non-ortho nitro benzene ring substituents is 2. The molecule has 0 aliphatic rings. The minimum atomic E-state index is -1.69. The first kappa shape index (κ1) is 30.9. The average Bonchev–Trinajstić information content (AvgIpc) is 2.67. The Morgan fingerprint density at radius 1 is 0.531 bits per heavy atom. The van der Waals surface area contributed by atoms with E-state index in [2.05, 4.69) is 0 Å². The number of carboxylic acids is 4. The maximum Gasteiger partial charge on any atom is 2.00 e. The van der Waals surface area contributed by atoms with Crippen LogP contribution in [0.3, 0.4) is 0 Å². The van der Waals surface area contributed by atoms with E-state index in [0.29, 0.717) is 24.3 Å². The SMILES string of the molecule is O=C([O-])c1cc(C(=O)[O-])cc([N+](=O)[O-])c1.O=C([O-])c1cc(C(=O)[O-])cc([N+](=O)[O-])c1.[Pb+2].[Zn+2]. The zero-order valence-electron chi connectivity index (χ0n) is 15.5. The second-order valence-electron chi connectivity index (χ2n) is 5.20. The molecule has 0 amide bonds. The van der Waals surface area contributed by atoms with Gasteiger partial charge in [-0.3, -0.25) is 20.2 Å². The number of hydrogen-bond donors (Lipinski definition) is 0. The van der Waals surface area contributed by atoms with E-state index in [4.69, 9.17) is 0 Å². The Kier molecular flexibility index (Phi) is 12.7. The first-order valence-corrected chi connectivity index (χ1v) is 7.27. The van der Waals surface area contributed by atoms with Gasteiger partial charge in [0.15, 0.2) is 0 Å². The number of nitro benzene ring substituents is 2. The summed E-state index contributed by atoms with van der Waals surface area (Å²) in [4.78, 5) is 60.5. The number of carbonyl (C=O) groups excluding carboxylic acids is 4. The molecular weight excluding hydrogens is 685 g/mol. The molecule has 0 fully saturated rings. The Hall–Kier alpha value is -3.33. The third kappa shape index (κ3) is 8.80. The normalized spacial score (nSPS) is 9.00. The predicted molar refractivity (Wildman–Crippen MR) is 89.3 cm³/mol. The van der Waals surface area contributed by atoms with Gasteiger partial charge in [0, 0.05) is 46.5 Å². The van der Waals surface area contributed by atoms with E-state index in [9.17, 15) is 59.8 Å². The van der Waals surface area contributed by atoms with Crippen molar-refractivity contribution in [3.63, 3.8) is 0 Å².